The zero-order valence-electron chi connectivity index (χ0n) is 11.2. The van der Waals surface area contributed by atoms with E-state index in [0.29, 0.717) is 11.6 Å². The summed E-state index contributed by atoms with van der Waals surface area (Å²) in [5.41, 5.74) is 1.22. The Kier molecular flexibility index (Phi) is 3.08. The first-order valence-corrected chi connectivity index (χ1v) is 8.17. The van der Waals surface area contributed by atoms with Gasteiger partial charge in [-0.1, -0.05) is 6.92 Å². The first-order valence-electron chi connectivity index (χ1n) is 6.68. The van der Waals surface area contributed by atoms with Crippen LogP contribution in [0.25, 0.3) is 0 Å². The Morgan fingerprint density at radius 2 is 1.95 bits per heavy atom. The van der Waals surface area contributed by atoms with Crippen molar-refractivity contribution in [1.82, 2.24) is 4.72 Å². The molecule has 1 saturated heterocycles. The Balaban J connectivity index is 1.95. The Morgan fingerprint density at radius 3 is 2.65 bits per heavy atom. The number of fused-ring (bicyclic) bond motifs is 1. The summed E-state index contributed by atoms with van der Waals surface area (Å²) in [5, 5.41) is 2.50. The van der Waals surface area contributed by atoms with E-state index in [1.807, 2.05) is 10.8 Å². The molecule has 20 heavy (non-hydrogen) atoms. The highest BCUT2D eigenvalue weighted by atomic mass is 32.2. The molecule has 0 atom stereocenters. The Bertz CT molecular complexity index is 649. The quantitative estimate of drug-likeness (QED) is 0.827. The van der Waals surface area contributed by atoms with Gasteiger partial charge in [0.2, 0.25) is 0 Å². The Morgan fingerprint density at radius 1 is 1.25 bits per heavy atom. The van der Waals surface area contributed by atoms with Gasteiger partial charge >= 0.3 is 6.03 Å². The van der Waals surface area contributed by atoms with Gasteiger partial charge in [-0.05, 0) is 37.0 Å². The van der Waals surface area contributed by atoms with Crippen molar-refractivity contribution in [3.63, 3.8) is 0 Å². The van der Waals surface area contributed by atoms with Gasteiger partial charge in [0.05, 0.1) is 5.69 Å². The molecule has 3 rings (SSSR count). The summed E-state index contributed by atoms with van der Waals surface area (Å²) in [6.45, 7) is 4.09. The molecule has 0 aliphatic carbocycles. The summed E-state index contributed by atoms with van der Waals surface area (Å²) in [6, 6.07) is 4.43. The Labute approximate surface area is 118 Å². The van der Waals surface area contributed by atoms with Crippen molar-refractivity contribution < 1.29 is 13.2 Å². The van der Waals surface area contributed by atoms with Gasteiger partial charge in [0.25, 0.3) is 10.0 Å². The second kappa shape index (κ2) is 4.66. The lowest BCUT2D eigenvalue weighted by Gasteiger charge is -2.32. The third-order valence-electron chi connectivity index (χ3n) is 3.88. The number of hydrogen-bond acceptors (Lipinski definition) is 4. The molecule has 1 fully saturated rings. The highest BCUT2D eigenvalue weighted by molar-refractivity contribution is 7.90. The SMILES string of the molecule is CC1CCN(c2ccc3c(c2)S(=O)(=O)NC(=O)N3)CC1. The first-order chi connectivity index (χ1) is 9.45. The summed E-state index contributed by atoms with van der Waals surface area (Å²) in [4.78, 5) is 13.6. The van der Waals surface area contributed by atoms with Crippen LogP contribution in [0.2, 0.25) is 0 Å². The molecule has 0 saturated carbocycles. The maximum Gasteiger partial charge on any atom is 0.333 e. The smallest absolute Gasteiger partial charge is 0.333 e. The normalized spacial score (nSPS) is 21.9. The zero-order chi connectivity index (χ0) is 14.3. The highest BCUT2D eigenvalue weighted by Gasteiger charge is 2.28. The van der Waals surface area contributed by atoms with Crippen molar-refractivity contribution >= 4 is 27.4 Å². The average Bonchev–Trinajstić information content (AvgIpc) is 2.38. The molecule has 0 bridgehead atoms. The van der Waals surface area contributed by atoms with Crippen LogP contribution in [0.1, 0.15) is 19.8 Å². The van der Waals surface area contributed by atoms with Gasteiger partial charge in [0.15, 0.2) is 0 Å². The summed E-state index contributed by atoms with van der Waals surface area (Å²) in [5.74, 6) is 0.716. The summed E-state index contributed by atoms with van der Waals surface area (Å²) in [7, 11) is -3.75. The Hall–Kier alpha value is -1.76. The fraction of sp³-hybridized carbons (Fsp3) is 0.462. The van der Waals surface area contributed by atoms with Crippen LogP contribution in [-0.4, -0.2) is 27.5 Å². The molecule has 0 radical (unpaired) electrons. The number of carbonyl (C=O) groups excluding carboxylic acids is 1. The lowest BCUT2D eigenvalue weighted by molar-refractivity contribution is 0.256. The molecule has 2 N–H and O–H groups in total. The zero-order valence-corrected chi connectivity index (χ0v) is 12.0. The number of amides is 2. The second-order valence-corrected chi connectivity index (χ2v) is 7.06. The maximum atomic E-state index is 12.0. The number of anilines is 2. The minimum absolute atomic E-state index is 0.133. The third kappa shape index (κ3) is 2.33. The third-order valence-corrected chi connectivity index (χ3v) is 5.25. The molecule has 2 amide bonds. The van der Waals surface area contributed by atoms with Crippen molar-refractivity contribution in [1.29, 1.82) is 0 Å². The van der Waals surface area contributed by atoms with Gasteiger partial charge in [-0.3, -0.25) is 0 Å². The minimum atomic E-state index is -3.75. The molecule has 108 valence electrons. The number of urea groups is 1. The van der Waals surface area contributed by atoms with Crippen LogP contribution >= 0.6 is 0 Å². The molecule has 2 aliphatic heterocycles. The summed E-state index contributed by atoms with van der Waals surface area (Å²) < 4.78 is 25.9. The second-order valence-electron chi connectivity index (χ2n) is 5.41. The van der Waals surface area contributed by atoms with E-state index < -0.39 is 16.1 Å². The van der Waals surface area contributed by atoms with Crippen molar-refractivity contribution in [3.8, 4) is 0 Å². The molecule has 2 heterocycles. The van der Waals surface area contributed by atoms with Crippen LogP contribution in [0.4, 0.5) is 16.2 Å². The molecule has 2 aliphatic rings. The van der Waals surface area contributed by atoms with Crippen LogP contribution in [-0.2, 0) is 10.0 Å². The van der Waals surface area contributed by atoms with E-state index in [2.05, 4.69) is 17.1 Å². The lowest BCUT2D eigenvalue weighted by Crippen LogP contribution is -2.39. The lowest BCUT2D eigenvalue weighted by atomic mass is 9.99. The number of nitrogens with zero attached hydrogens (tertiary/aromatic N) is 1. The topological polar surface area (TPSA) is 78.5 Å². The van der Waals surface area contributed by atoms with Gasteiger partial charge in [0, 0.05) is 18.8 Å². The van der Waals surface area contributed by atoms with Crippen molar-refractivity contribution in [2.75, 3.05) is 23.3 Å². The molecule has 1 aromatic carbocycles. The fourth-order valence-corrected chi connectivity index (χ4v) is 3.71. The van der Waals surface area contributed by atoms with Crippen LogP contribution in [0.15, 0.2) is 23.1 Å². The molecule has 7 heteroatoms. The minimum Gasteiger partial charge on any atom is -0.371 e. The number of carbonyl (C=O) groups is 1. The highest BCUT2D eigenvalue weighted by Crippen LogP contribution is 2.31. The van der Waals surface area contributed by atoms with E-state index in [-0.39, 0.29) is 4.90 Å². The summed E-state index contributed by atoms with van der Waals surface area (Å²) in [6.07, 6.45) is 2.22. The van der Waals surface area contributed by atoms with Gasteiger partial charge in [0.1, 0.15) is 4.90 Å². The van der Waals surface area contributed by atoms with Crippen molar-refractivity contribution in [2.45, 2.75) is 24.7 Å². The largest absolute Gasteiger partial charge is 0.371 e. The van der Waals surface area contributed by atoms with Gasteiger partial charge in [-0.15, -0.1) is 0 Å². The van der Waals surface area contributed by atoms with E-state index in [1.165, 1.54) is 0 Å². The number of piperidine rings is 1. The van der Waals surface area contributed by atoms with Crippen LogP contribution < -0.4 is 14.9 Å². The molecule has 0 spiro atoms. The van der Waals surface area contributed by atoms with E-state index in [1.54, 1.807) is 12.1 Å². The standard InChI is InChI=1S/C13H17N3O3S/c1-9-4-6-16(7-5-9)10-2-3-11-12(8-10)20(18,19)15-13(17)14-11/h2-3,8-9H,4-7H2,1H3,(H2,14,15,17). The van der Waals surface area contributed by atoms with Crippen molar-refractivity contribution in [3.05, 3.63) is 18.2 Å². The maximum absolute atomic E-state index is 12.0. The summed E-state index contributed by atoms with van der Waals surface area (Å²) >= 11 is 0. The van der Waals surface area contributed by atoms with E-state index in [4.69, 9.17) is 0 Å². The van der Waals surface area contributed by atoms with Gasteiger partial charge < -0.3 is 10.2 Å². The molecular weight excluding hydrogens is 278 g/mol. The van der Waals surface area contributed by atoms with Gasteiger partial charge in [-0.2, -0.15) is 0 Å². The van der Waals surface area contributed by atoms with Crippen LogP contribution in [0.3, 0.4) is 0 Å². The predicted octanol–water partition coefficient (Wildman–Crippen LogP) is 1.75. The number of rotatable bonds is 1. The van der Waals surface area contributed by atoms with Gasteiger partial charge in [-0.25, -0.2) is 17.9 Å². The van der Waals surface area contributed by atoms with Crippen LogP contribution in [0, 0.1) is 5.92 Å². The first kappa shape index (κ1) is 13.2. The predicted molar refractivity (Wildman–Crippen MR) is 76.4 cm³/mol. The van der Waals surface area contributed by atoms with E-state index in [0.717, 1.165) is 31.6 Å². The molecular formula is C13H17N3O3S. The molecule has 1 aromatic rings. The molecule has 0 aromatic heterocycles. The van der Waals surface area contributed by atoms with E-state index in [9.17, 15) is 13.2 Å². The average molecular weight is 295 g/mol. The molecule has 0 unspecified atom stereocenters. The van der Waals surface area contributed by atoms with Crippen molar-refractivity contribution in [2.24, 2.45) is 5.92 Å². The number of sulfonamides is 1. The number of nitrogens with one attached hydrogen (secondary N) is 2. The monoisotopic (exact) mass is 295 g/mol. The number of benzene rings is 1. The van der Waals surface area contributed by atoms with Crippen LogP contribution in [0.5, 0.6) is 0 Å². The number of hydrogen-bond donors (Lipinski definition) is 2. The van der Waals surface area contributed by atoms with E-state index >= 15 is 0 Å². The fourth-order valence-electron chi connectivity index (χ4n) is 2.62. The molecule has 6 nitrogen and oxygen atoms in total.